The average Bonchev–Trinajstić information content (AvgIpc) is 2.33. The van der Waals surface area contributed by atoms with Gasteiger partial charge < -0.3 is 22.6 Å². The van der Waals surface area contributed by atoms with Gasteiger partial charge in [-0.1, -0.05) is 25.4 Å². The molecule has 1 aromatic rings. The largest absolute Gasteiger partial charge is 1.00 e. The molecular weight excluding hydrogens is 300 g/mol. The van der Waals surface area contributed by atoms with E-state index in [2.05, 4.69) is 0 Å². The van der Waals surface area contributed by atoms with Gasteiger partial charge in [-0.15, -0.1) is 0 Å². The molecule has 108 valence electrons. The van der Waals surface area contributed by atoms with Crippen LogP contribution in [0.1, 0.15) is 13.8 Å². The number of hydrogen-bond acceptors (Lipinski definition) is 2. The summed E-state index contributed by atoms with van der Waals surface area (Å²) in [5.41, 5.74) is -0.888. The van der Waals surface area contributed by atoms with Crippen molar-refractivity contribution in [3.05, 3.63) is 24.0 Å². The first-order valence-corrected chi connectivity index (χ1v) is 6.23. The summed E-state index contributed by atoms with van der Waals surface area (Å²) in [6.45, 7) is 0.901. The van der Waals surface area contributed by atoms with Crippen molar-refractivity contribution >= 4 is 12.4 Å². The van der Waals surface area contributed by atoms with Gasteiger partial charge in [0.25, 0.3) is 0 Å². The quantitative estimate of drug-likeness (QED) is 0.501. The first kappa shape index (κ1) is 20.4. The Morgan fingerprint density at radius 2 is 1.75 bits per heavy atom. The van der Waals surface area contributed by atoms with Gasteiger partial charge in [-0.05, 0) is 19.2 Å². The smallest absolute Gasteiger partial charge is 0.495 e. The van der Waals surface area contributed by atoms with E-state index in [0.717, 1.165) is 31.3 Å². The maximum absolute atomic E-state index is 13.0. The molecule has 0 bridgehead atoms. The second-order valence-corrected chi connectivity index (χ2v) is 4.13. The molecule has 0 aromatic heterocycles. The predicted octanol–water partition coefficient (Wildman–Crippen LogP) is -0.395. The summed E-state index contributed by atoms with van der Waals surface area (Å²) in [6.07, 6.45) is 0. The number of halogens is 4. The monoisotopic (exact) mass is 317 g/mol. The second kappa shape index (κ2) is 9.42. The van der Waals surface area contributed by atoms with Crippen LogP contribution in [0.3, 0.4) is 0 Å². The minimum Gasteiger partial charge on any atom is -0.495 e. The normalized spacial score (nSPS) is 11.3. The Kier molecular flexibility index (Phi) is 9.61. The van der Waals surface area contributed by atoms with Crippen LogP contribution in [0, 0.1) is 5.82 Å². The molecule has 20 heavy (non-hydrogen) atoms. The molecule has 0 N–H and O–H groups in total. The predicted molar refractivity (Wildman–Crippen MR) is 68.4 cm³/mol. The van der Waals surface area contributed by atoms with E-state index in [1.807, 2.05) is 18.7 Å². The second-order valence-electron chi connectivity index (χ2n) is 4.13. The molecule has 0 saturated heterocycles. The summed E-state index contributed by atoms with van der Waals surface area (Å²) in [5, 5.41) is 0. The van der Waals surface area contributed by atoms with Crippen molar-refractivity contribution in [2.75, 3.05) is 26.2 Å². The van der Waals surface area contributed by atoms with Gasteiger partial charge in [0, 0.05) is 12.6 Å². The summed E-state index contributed by atoms with van der Waals surface area (Å²) in [4.78, 5) is 2.01. The van der Waals surface area contributed by atoms with Gasteiger partial charge in [-0.25, -0.2) is 4.39 Å². The van der Waals surface area contributed by atoms with Crippen LogP contribution in [0.5, 0.6) is 5.75 Å². The molecule has 0 spiro atoms. The number of hydrogen-bond donors (Lipinski definition) is 0. The minimum absolute atomic E-state index is 0. The number of ether oxygens (including phenoxy) is 1. The summed E-state index contributed by atoms with van der Waals surface area (Å²) in [5.74, 6) is -1.17. The zero-order valence-corrected chi connectivity index (χ0v) is 15.1. The van der Waals surface area contributed by atoms with Gasteiger partial charge in [-0.3, -0.25) is 0 Å². The molecule has 0 unspecified atom stereocenters. The molecule has 0 aliphatic rings. The molecule has 0 amide bonds. The van der Waals surface area contributed by atoms with Crippen molar-refractivity contribution in [1.82, 2.24) is 4.90 Å². The van der Waals surface area contributed by atoms with Gasteiger partial charge in [0.05, 0.1) is 5.75 Å². The van der Waals surface area contributed by atoms with Crippen LogP contribution < -0.4 is 61.6 Å². The molecule has 0 aliphatic heterocycles. The summed E-state index contributed by atoms with van der Waals surface area (Å²) < 4.78 is 56.3. The first-order chi connectivity index (χ1) is 8.88. The Labute approximate surface area is 159 Å². The van der Waals surface area contributed by atoms with E-state index in [1.54, 1.807) is 0 Å². The average molecular weight is 317 g/mol. The fourth-order valence-corrected chi connectivity index (χ4v) is 1.73. The third-order valence-corrected chi connectivity index (χ3v) is 2.89. The Bertz CT molecular complexity index is 413. The van der Waals surface area contributed by atoms with Gasteiger partial charge in [-0.2, -0.15) is 0 Å². The van der Waals surface area contributed by atoms with Gasteiger partial charge in [0.2, 0.25) is 0 Å². The van der Waals surface area contributed by atoms with E-state index >= 15 is 0 Å². The van der Waals surface area contributed by atoms with E-state index < -0.39 is 24.0 Å². The molecule has 0 radical (unpaired) electrons. The van der Waals surface area contributed by atoms with Crippen molar-refractivity contribution in [3.8, 4) is 5.75 Å². The molecule has 1 aromatic carbocycles. The zero-order chi connectivity index (χ0) is 14.5. The molecule has 0 saturated carbocycles. The van der Waals surface area contributed by atoms with Crippen LogP contribution in [-0.2, 0) is 0 Å². The molecule has 2 nitrogen and oxygen atoms in total. The number of rotatable bonds is 7. The number of nitrogens with zero attached hydrogens (tertiary/aromatic N) is 1. The number of likely N-dealkylation sites (N-methyl/N-ethyl adjacent to an activating group) is 1. The van der Waals surface area contributed by atoms with Crippen molar-refractivity contribution in [3.63, 3.8) is 0 Å². The fraction of sp³-hybridized carbons (Fsp3) is 0.500. The van der Waals surface area contributed by atoms with Crippen LogP contribution >= 0.6 is 0 Å². The van der Waals surface area contributed by atoms with Crippen LogP contribution in [0.15, 0.2) is 18.2 Å². The maximum atomic E-state index is 13.0. The Balaban J connectivity index is 0.00000361. The molecule has 0 fully saturated rings. The number of benzene rings is 1. The third-order valence-electron chi connectivity index (χ3n) is 2.89. The summed E-state index contributed by atoms with van der Waals surface area (Å²) in [6, 6.07) is 2.30. The molecule has 0 aliphatic carbocycles. The van der Waals surface area contributed by atoms with E-state index in [0.29, 0.717) is 6.54 Å². The fourth-order valence-electron chi connectivity index (χ4n) is 1.73. The molecule has 8 heteroatoms. The topological polar surface area (TPSA) is 12.5 Å². The van der Waals surface area contributed by atoms with Gasteiger partial charge in [0.15, 0.2) is 0 Å². The Morgan fingerprint density at radius 1 is 1.15 bits per heavy atom. The van der Waals surface area contributed by atoms with Gasteiger partial charge >= 0.3 is 58.4 Å². The van der Waals surface area contributed by atoms with E-state index in [4.69, 9.17) is 4.74 Å². The Morgan fingerprint density at radius 3 is 2.25 bits per heavy atom. The maximum Gasteiger partial charge on any atom is 1.00 e. The SMILES string of the molecule is CCN(CC)CCOc1cc(F)ccc1[B-](F)(F)F.[K+]. The van der Waals surface area contributed by atoms with Crippen LogP contribution in [-0.4, -0.2) is 38.1 Å². The molecule has 0 atom stereocenters. The van der Waals surface area contributed by atoms with Crippen molar-refractivity contribution in [2.45, 2.75) is 13.8 Å². The van der Waals surface area contributed by atoms with Crippen LogP contribution in [0.25, 0.3) is 0 Å². The molecular formula is C12H17BF4KNO. The molecule has 0 heterocycles. The van der Waals surface area contributed by atoms with Crippen molar-refractivity contribution < 1.29 is 73.5 Å². The summed E-state index contributed by atoms with van der Waals surface area (Å²) in [7, 11) is 0. The summed E-state index contributed by atoms with van der Waals surface area (Å²) >= 11 is 0. The van der Waals surface area contributed by atoms with Crippen molar-refractivity contribution in [2.24, 2.45) is 0 Å². The Hall–Kier alpha value is 0.401. The van der Waals surface area contributed by atoms with Crippen LogP contribution in [0.2, 0.25) is 0 Å². The minimum atomic E-state index is -5.20. The van der Waals surface area contributed by atoms with Gasteiger partial charge in [0.1, 0.15) is 12.4 Å². The van der Waals surface area contributed by atoms with E-state index in [1.165, 1.54) is 0 Å². The standard InChI is InChI=1S/C12H17BF4NO.K/c1-3-18(4-2)7-8-19-12-9-10(14)5-6-11(12)13(15,16)17;/h5-6,9H,3-4,7-8H2,1-2H3;/q-1;+1. The third kappa shape index (κ3) is 6.45. The van der Waals surface area contributed by atoms with E-state index in [-0.39, 0.29) is 58.0 Å². The van der Waals surface area contributed by atoms with E-state index in [9.17, 15) is 17.3 Å². The zero-order valence-electron chi connectivity index (χ0n) is 12.0. The van der Waals surface area contributed by atoms with Crippen LogP contribution in [0.4, 0.5) is 17.3 Å². The van der Waals surface area contributed by atoms with Crippen molar-refractivity contribution in [1.29, 1.82) is 0 Å². The first-order valence-electron chi connectivity index (χ1n) is 6.23. The molecule has 1 rings (SSSR count).